The maximum Gasteiger partial charge on any atom is 0.203 e. The molecule has 0 spiro atoms. The lowest BCUT2D eigenvalue weighted by Gasteiger charge is -2.22. The van der Waals surface area contributed by atoms with Crippen molar-refractivity contribution in [1.29, 1.82) is 0 Å². The molecule has 3 nitrogen and oxygen atoms in total. The van der Waals surface area contributed by atoms with Crippen LogP contribution < -0.4 is 5.73 Å². The molecule has 0 radical (unpaired) electrons. The standard InChI is InChI=1S/C17H16N2O/c18-14-9-4-10-15-16(14)19-17(20-15)13-8-3-6-11-5-1-2-7-12(11)13/h1-2,4-5,7,9-10,13H,3,6,8,18H2. The van der Waals surface area contributed by atoms with Gasteiger partial charge in [-0.2, -0.15) is 0 Å². The first-order chi connectivity index (χ1) is 9.83. The molecule has 0 saturated carbocycles. The summed E-state index contributed by atoms with van der Waals surface area (Å²) in [6.07, 6.45) is 3.41. The van der Waals surface area contributed by atoms with E-state index in [1.54, 1.807) is 0 Å². The van der Waals surface area contributed by atoms with Crippen molar-refractivity contribution in [3.05, 3.63) is 59.5 Å². The molecule has 1 unspecified atom stereocenters. The first-order valence-electron chi connectivity index (χ1n) is 7.05. The summed E-state index contributed by atoms with van der Waals surface area (Å²) < 4.78 is 5.95. The van der Waals surface area contributed by atoms with E-state index in [4.69, 9.17) is 10.2 Å². The summed E-state index contributed by atoms with van der Waals surface area (Å²) in [4.78, 5) is 4.64. The molecule has 2 N–H and O–H groups in total. The minimum atomic E-state index is 0.256. The van der Waals surface area contributed by atoms with Gasteiger partial charge in [0.15, 0.2) is 5.58 Å². The van der Waals surface area contributed by atoms with Gasteiger partial charge in [-0.15, -0.1) is 0 Å². The second-order valence-corrected chi connectivity index (χ2v) is 5.39. The molecule has 0 bridgehead atoms. The molecule has 1 aromatic heterocycles. The lowest BCUT2D eigenvalue weighted by atomic mass is 9.83. The number of oxazole rings is 1. The molecule has 0 saturated heterocycles. The lowest BCUT2D eigenvalue weighted by molar-refractivity contribution is 0.464. The van der Waals surface area contributed by atoms with Gasteiger partial charge in [-0.25, -0.2) is 4.98 Å². The molecular formula is C17H16N2O. The molecule has 20 heavy (non-hydrogen) atoms. The third-order valence-corrected chi connectivity index (χ3v) is 4.13. The van der Waals surface area contributed by atoms with Crippen LogP contribution in [-0.2, 0) is 6.42 Å². The molecule has 1 atom stereocenters. The molecule has 100 valence electrons. The highest BCUT2D eigenvalue weighted by Gasteiger charge is 2.25. The predicted octanol–water partition coefficient (Wildman–Crippen LogP) is 3.88. The number of nitrogens with two attached hydrogens (primary N) is 1. The summed E-state index contributed by atoms with van der Waals surface area (Å²) in [6.45, 7) is 0. The summed E-state index contributed by atoms with van der Waals surface area (Å²) in [5.74, 6) is 1.05. The van der Waals surface area contributed by atoms with Crippen LogP contribution >= 0.6 is 0 Å². The Balaban J connectivity index is 1.86. The summed E-state index contributed by atoms with van der Waals surface area (Å²) in [7, 11) is 0. The maximum atomic E-state index is 5.97. The first kappa shape index (κ1) is 11.5. The number of para-hydroxylation sites is 1. The van der Waals surface area contributed by atoms with Crippen LogP contribution in [0, 0.1) is 0 Å². The molecule has 1 heterocycles. The predicted molar refractivity (Wildman–Crippen MR) is 79.6 cm³/mol. The largest absolute Gasteiger partial charge is 0.440 e. The highest BCUT2D eigenvalue weighted by Crippen LogP contribution is 2.37. The number of hydrogen-bond acceptors (Lipinski definition) is 3. The van der Waals surface area contributed by atoms with E-state index < -0.39 is 0 Å². The number of benzene rings is 2. The number of anilines is 1. The van der Waals surface area contributed by atoms with Crippen molar-refractivity contribution >= 4 is 16.8 Å². The monoisotopic (exact) mass is 264 g/mol. The van der Waals surface area contributed by atoms with E-state index in [9.17, 15) is 0 Å². The lowest BCUT2D eigenvalue weighted by Crippen LogP contribution is -2.11. The van der Waals surface area contributed by atoms with Gasteiger partial charge in [0.05, 0.1) is 11.6 Å². The number of rotatable bonds is 1. The van der Waals surface area contributed by atoms with E-state index >= 15 is 0 Å². The van der Waals surface area contributed by atoms with Crippen molar-refractivity contribution in [2.24, 2.45) is 0 Å². The Bertz CT molecular complexity index is 776. The average Bonchev–Trinajstić information content (AvgIpc) is 2.92. The number of aryl methyl sites for hydroxylation is 1. The van der Waals surface area contributed by atoms with Crippen LogP contribution in [0.15, 0.2) is 46.9 Å². The summed E-state index contributed by atoms with van der Waals surface area (Å²) in [6, 6.07) is 14.3. The first-order valence-corrected chi connectivity index (χ1v) is 7.05. The van der Waals surface area contributed by atoms with Crippen LogP contribution in [0.25, 0.3) is 11.1 Å². The van der Waals surface area contributed by atoms with Gasteiger partial charge in [0, 0.05) is 0 Å². The molecule has 0 fully saturated rings. The Kier molecular flexibility index (Phi) is 2.52. The smallest absolute Gasteiger partial charge is 0.203 e. The number of aromatic nitrogens is 1. The van der Waals surface area contributed by atoms with E-state index in [1.165, 1.54) is 17.5 Å². The Morgan fingerprint density at radius 3 is 2.90 bits per heavy atom. The maximum absolute atomic E-state index is 5.97. The second-order valence-electron chi connectivity index (χ2n) is 5.39. The van der Waals surface area contributed by atoms with Crippen molar-refractivity contribution in [3.8, 4) is 0 Å². The number of fused-ring (bicyclic) bond motifs is 2. The van der Waals surface area contributed by atoms with E-state index in [2.05, 4.69) is 29.2 Å². The van der Waals surface area contributed by atoms with Gasteiger partial charge in [-0.3, -0.25) is 0 Å². The van der Waals surface area contributed by atoms with Gasteiger partial charge in [0.2, 0.25) is 5.89 Å². The summed E-state index contributed by atoms with van der Waals surface area (Å²) in [5.41, 5.74) is 11.0. The zero-order valence-corrected chi connectivity index (χ0v) is 11.2. The molecule has 3 aromatic rings. The van der Waals surface area contributed by atoms with Crippen LogP contribution in [-0.4, -0.2) is 4.98 Å². The normalized spacial score (nSPS) is 18.1. The Hall–Kier alpha value is -2.29. The van der Waals surface area contributed by atoms with Crippen LogP contribution in [0.5, 0.6) is 0 Å². The highest BCUT2D eigenvalue weighted by molar-refractivity contribution is 5.85. The average molecular weight is 264 g/mol. The summed E-state index contributed by atoms with van der Waals surface area (Å²) in [5, 5.41) is 0. The van der Waals surface area contributed by atoms with E-state index in [0.717, 1.165) is 29.8 Å². The molecule has 4 rings (SSSR count). The minimum Gasteiger partial charge on any atom is -0.440 e. The van der Waals surface area contributed by atoms with E-state index in [1.807, 2.05) is 18.2 Å². The third-order valence-electron chi connectivity index (χ3n) is 4.13. The van der Waals surface area contributed by atoms with Crippen LogP contribution in [0.4, 0.5) is 5.69 Å². The third kappa shape index (κ3) is 1.70. The van der Waals surface area contributed by atoms with Crippen LogP contribution in [0.3, 0.4) is 0 Å². The Labute approximate surface area is 117 Å². The van der Waals surface area contributed by atoms with Crippen molar-refractivity contribution < 1.29 is 4.42 Å². The zero-order valence-electron chi connectivity index (χ0n) is 11.2. The Morgan fingerprint density at radius 2 is 2.00 bits per heavy atom. The molecular weight excluding hydrogens is 248 g/mol. The van der Waals surface area contributed by atoms with E-state index in [0.29, 0.717) is 5.69 Å². The molecule has 2 aromatic carbocycles. The number of nitrogens with zero attached hydrogens (tertiary/aromatic N) is 1. The van der Waals surface area contributed by atoms with Gasteiger partial charge in [-0.05, 0) is 42.5 Å². The second kappa shape index (κ2) is 4.37. The summed E-state index contributed by atoms with van der Waals surface area (Å²) >= 11 is 0. The minimum absolute atomic E-state index is 0.256. The van der Waals surface area contributed by atoms with Gasteiger partial charge < -0.3 is 10.2 Å². The molecule has 0 amide bonds. The molecule has 3 heteroatoms. The number of hydrogen-bond donors (Lipinski definition) is 1. The number of nitrogen functional groups attached to an aromatic ring is 1. The SMILES string of the molecule is Nc1cccc2oc(C3CCCc4ccccc43)nc12. The molecule has 0 aliphatic heterocycles. The van der Waals surface area contributed by atoms with Crippen LogP contribution in [0.2, 0.25) is 0 Å². The van der Waals surface area contributed by atoms with Gasteiger partial charge in [0.1, 0.15) is 5.52 Å². The van der Waals surface area contributed by atoms with Crippen molar-refractivity contribution in [1.82, 2.24) is 4.98 Å². The van der Waals surface area contributed by atoms with Crippen molar-refractivity contribution in [2.45, 2.75) is 25.2 Å². The van der Waals surface area contributed by atoms with Crippen molar-refractivity contribution in [3.63, 3.8) is 0 Å². The van der Waals surface area contributed by atoms with Gasteiger partial charge in [0.25, 0.3) is 0 Å². The van der Waals surface area contributed by atoms with Gasteiger partial charge in [-0.1, -0.05) is 30.3 Å². The fourth-order valence-corrected chi connectivity index (χ4v) is 3.15. The fraction of sp³-hybridized carbons (Fsp3) is 0.235. The molecule has 1 aliphatic carbocycles. The fourth-order valence-electron chi connectivity index (χ4n) is 3.15. The van der Waals surface area contributed by atoms with E-state index in [-0.39, 0.29) is 5.92 Å². The van der Waals surface area contributed by atoms with Gasteiger partial charge >= 0.3 is 0 Å². The zero-order chi connectivity index (χ0) is 13.5. The highest BCUT2D eigenvalue weighted by atomic mass is 16.3. The Morgan fingerprint density at radius 1 is 1.10 bits per heavy atom. The quantitative estimate of drug-likeness (QED) is 0.679. The van der Waals surface area contributed by atoms with Crippen molar-refractivity contribution in [2.75, 3.05) is 5.73 Å². The molecule has 1 aliphatic rings. The topological polar surface area (TPSA) is 52.0 Å². The van der Waals surface area contributed by atoms with Crippen LogP contribution in [0.1, 0.15) is 35.8 Å².